The smallest absolute Gasteiger partial charge is 0.389 e. The van der Waals surface area contributed by atoms with Crippen molar-refractivity contribution in [2.75, 3.05) is 0 Å². The fraction of sp³-hybridized carbons (Fsp3) is 1.00. The van der Waals surface area contributed by atoms with Crippen LogP contribution in [0.3, 0.4) is 0 Å². The van der Waals surface area contributed by atoms with E-state index in [-0.39, 0.29) is 6.42 Å². The summed E-state index contributed by atoms with van der Waals surface area (Å²) in [5.74, 6) is 0.490. The van der Waals surface area contributed by atoms with Crippen molar-refractivity contribution in [3.8, 4) is 0 Å². The van der Waals surface area contributed by atoms with E-state index in [9.17, 15) is 18.3 Å². The lowest BCUT2D eigenvalue weighted by atomic mass is 9.75. The van der Waals surface area contributed by atoms with Crippen LogP contribution in [-0.2, 0) is 0 Å². The van der Waals surface area contributed by atoms with E-state index in [4.69, 9.17) is 0 Å². The second kappa shape index (κ2) is 5.39. The number of rotatable bonds is 4. The molecular weight excluding hydrogens is 217 g/mol. The van der Waals surface area contributed by atoms with E-state index in [0.29, 0.717) is 25.2 Å². The van der Waals surface area contributed by atoms with Gasteiger partial charge in [0.1, 0.15) is 0 Å². The number of alkyl halides is 3. The van der Waals surface area contributed by atoms with Crippen molar-refractivity contribution in [1.82, 2.24) is 0 Å². The zero-order valence-electron chi connectivity index (χ0n) is 9.82. The highest BCUT2D eigenvalue weighted by Crippen LogP contribution is 2.38. The van der Waals surface area contributed by atoms with Gasteiger partial charge >= 0.3 is 6.18 Å². The van der Waals surface area contributed by atoms with Crippen LogP contribution in [-0.4, -0.2) is 16.9 Å². The highest BCUT2D eigenvalue weighted by Gasteiger charge is 2.35. The average molecular weight is 238 g/mol. The van der Waals surface area contributed by atoms with Gasteiger partial charge in [-0.15, -0.1) is 0 Å². The summed E-state index contributed by atoms with van der Waals surface area (Å²) in [4.78, 5) is 0. The minimum absolute atomic E-state index is 0.0520. The molecular formula is C12H21F3O. The Kier molecular flexibility index (Phi) is 4.65. The van der Waals surface area contributed by atoms with E-state index in [1.165, 1.54) is 0 Å². The molecule has 1 aliphatic carbocycles. The molecule has 0 aromatic carbocycles. The molecule has 1 nitrogen and oxygen atoms in total. The van der Waals surface area contributed by atoms with Crippen molar-refractivity contribution in [3.05, 3.63) is 0 Å². The van der Waals surface area contributed by atoms with Crippen molar-refractivity contribution < 1.29 is 18.3 Å². The Labute approximate surface area is 95.0 Å². The standard InChI is InChI=1S/C12H21F3O/c1-2-10-5-3-6-11(16,9-10)7-4-8-12(13,14)15/h10,16H,2-9H2,1H3. The number of aliphatic hydroxyl groups is 1. The molecule has 0 aromatic rings. The fourth-order valence-electron chi connectivity index (χ4n) is 2.65. The molecule has 0 radical (unpaired) electrons. The van der Waals surface area contributed by atoms with E-state index >= 15 is 0 Å². The zero-order valence-corrected chi connectivity index (χ0v) is 9.82. The predicted octanol–water partition coefficient (Wildman–Crippen LogP) is 4.05. The van der Waals surface area contributed by atoms with Crippen LogP contribution in [0, 0.1) is 5.92 Å². The van der Waals surface area contributed by atoms with Crippen LogP contribution in [0.1, 0.15) is 58.3 Å². The lowest BCUT2D eigenvalue weighted by molar-refractivity contribution is -0.139. The first-order valence-electron chi connectivity index (χ1n) is 6.14. The monoisotopic (exact) mass is 238 g/mol. The maximum Gasteiger partial charge on any atom is 0.389 e. The molecule has 0 aromatic heterocycles. The first-order chi connectivity index (χ1) is 7.35. The summed E-state index contributed by atoms with van der Waals surface area (Å²) >= 11 is 0. The first-order valence-corrected chi connectivity index (χ1v) is 6.14. The molecule has 0 aliphatic heterocycles. The molecule has 1 aliphatic rings. The predicted molar refractivity (Wildman–Crippen MR) is 57.1 cm³/mol. The topological polar surface area (TPSA) is 20.2 Å². The van der Waals surface area contributed by atoms with Crippen molar-refractivity contribution >= 4 is 0 Å². The van der Waals surface area contributed by atoms with E-state index in [2.05, 4.69) is 6.92 Å². The molecule has 0 heterocycles. The van der Waals surface area contributed by atoms with Gasteiger partial charge in [0.05, 0.1) is 5.60 Å². The lowest BCUT2D eigenvalue weighted by Crippen LogP contribution is -2.35. The summed E-state index contributed by atoms with van der Waals surface area (Å²) in [6.07, 6.45) is -0.0931. The SMILES string of the molecule is CCC1CCCC(O)(CCCC(F)(F)F)C1. The number of hydrogen-bond donors (Lipinski definition) is 1. The minimum Gasteiger partial charge on any atom is -0.390 e. The van der Waals surface area contributed by atoms with E-state index in [1.807, 2.05) is 0 Å². The van der Waals surface area contributed by atoms with Gasteiger partial charge in [-0.2, -0.15) is 13.2 Å². The molecule has 0 spiro atoms. The molecule has 0 saturated heterocycles. The van der Waals surface area contributed by atoms with Gasteiger partial charge in [0.25, 0.3) is 0 Å². The van der Waals surface area contributed by atoms with Crippen LogP contribution in [0.25, 0.3) is 0 Å². The molecule has 1 saturated carbocycles. The van der Waals surface area contributed by atoms with Crippen molar-refractivity contribution in [1.29, 1.82) is 0 Å². The lowest BCUT2D eigenvalue weighted by Gasteiger charge is -2.36. The Morgan fingerprint density at radius 2 is 2.06 bits per heavy atom. The maximum atomic E-state index is 12.0. The second-order valence-corrected chi connectivity index (χ2v) is 5.06. The van der Waals surface area contributed by atoms with Crippen LogP contribution in [0.5, 0.6) is 0 Å². The van der Waals surface area contributed by atoms with Crippen LogP contribution in [0.4, 0.5) is 13.2 Å². The normalized spacial score (nSPS) is 31.7. The van der Waals surface area contributed by atoms with Crippen LogP contribution in [0.2, 0.25) is 0 Å². The Bertz CT molecular complexity index is 215. The van der Waals surface area contributed by atoms with Gasteiger partial charge in [0, 0.05) is 6.42 Å². The molecule has 1 N–H and O–H groups in total. The van der Waals surface area contributed by atoms with Gasteiger partial charge in [0.2, 0.25) is 0 Å². The van der Waals surface area contributed by atoms with Crippen molar-refractivity contribution in [2.45, 2.75) is 70.1 Å². The highest BCUT2D eigenvalue weighted by molar-refractivity contribution is 4.86. The molecule has 2 unspecified atom stereocenters. The summed E-state index contributed by atoms with van der Waals surface area (Å²) in [5.41, 5.74) is -0.829. The Morgan fingerprint density at radius 1 is 1.38 bits per heavy atom. The molecule has 2 atom stereocenters. The third kappa shape index (κ3) is 4.73. The summed E-state index contributed by atoms with van der Waals surface area (Å²) < 4.78 is 36.0. The summed E-state index contributed by atoms with van der Waals surface area (Å²) in [6, 6.07) is 0. The Balaban J connectivity index is 2.33. The van der Waals surface area contributed by atoms with E-state index in [1.54, 1.807) is 0 Å². The van der Waals surface area contributed by atoms with E-state index in [0.717, 1.165) is 19.3 Å². The first kappa shape index (κ1) is 13.8. The van der Waals surface area contributed by atoms with E-state index < -0.39 is 18.2 Å². The zero-order chi connectivity index (χ0) is 12.2. The number of halogens is 3. The largest absolute Gasteiger partial charge is 0.390 e. The van der Waals surface area contributed by atoms with Gasteiger partial charge in [-0.05, 0) is 31.6 Å². The second-order valence-electron chi connectivity index (χ2n) is 5.06. The molecule has 1 fully saturated rings. The van der Waals surface area contributed by atoms with Crippen LogP contribution >= 0.6 is 0 Å². The summed E-state index contributed by atoms with van der Waals surface area (Å²) in [7, 11) is 0. The molecule has 0 bridgehead atoms. The quantitative estimate of drug-likeness (QED) is 0.783. The van der Waals surface area contributed by atoms with Crippen LogP contribution in [0.15, 0.2) is 0 Å². The van der Waals surface area contributed by atoms with Gasteiger partial charge < -0.3 is 5.11 Å². The molecule has 1 rings (SSSR count). The molecule has 96 valence electrons. The fourth-order valence-corrected chi connectivity index (χ4v) is 2.65. The van der Waals surface area contributed by atoms with Crippen molar-refractivity contribution in [3.63, 3.8) is 0 Å². The van der Waals surface area contributed by atoms with Gasteiger partial charge in [-0.1, -0.05) is 26.2 Å². The van der Waals surface area contributed by atoms with Gasteiger partial charge in [-0.25, -0.2) is 0 Å². The summed E-state index contributed by atoms with van der Waals surface area (Å²) in [6.45, 7) is 2.08. The molecule has 0 amide bonds. The maximum absolute atomic E-state index is 12.0. The number of hydrogen-bond acceptors (Lipinski definition) is 1. The van der Waals surface area contributed by atoms with Crippen molar-refractivity contribution in [2.24, 2.45) is 5.92 Å². The summed E-state index contributed by atoms with van der Waals surface area (Å²) in [5, 5.41) is 10.2. The third-order valence-electron chi connectivity index (χ3n) is 3.60. The Hall–Kier alpha value is -0.250. The minimum atomic E-state index is -4.09. The Morgan fingerprint density at radius 3 is 2.62 bits per heavy atom. The highest BCUT2D eigenvalue weighted by atomic mass is 19.4. The average Bonchev–Trinajstić information content (AvgIpc) is 2.15. The molecule has 16 heavy (non-hydrogen) atoms. The molecule has 4 heteroatoms. The third-order valence-corrected chi connectivity index (χ3v) is 3.60. The van der Waals surface area contributed by atoms with Gasteiger partial charge in [-0.3, -0.25) is 0 Å². The van der Waals surface area contributed by atoms with Gasteiger partial charge in [0.15, 0.2) is 0 Å². The van der Waals surface area contributed by atoms with Crippen LogP contribution < -0.4 is 0 Å².